The molecule has 2 atom stereocenters. The molecule has 0 aromatic heterocycles. The molecule has 2 aromatic carbocycles. The highest BCUT2D eigenvalue weighted by Gasteiger charge is 2.16. The molecule has 0 aliphatic carbocycles. The van der Waals surface area contributed by atoms with Crippen LogP contribution in [0.3, 0.4) is 0 Å². The van der Waals surface area contributed by atoms with Crippen LogP contribution in [-0.4, -0.2) is 30.9 Å². The van der Waals surface area contributed by atoms with Crippen molar-refractivity contribution in [2.24, 2.45) is 0 Å². The van der Waals surface area contributed by atoms with Gasteiger partial charge in [-0.1, -0.05) is 30.3 Å². The smallest absolute Gasteiger partial charge is 0.233 e. The van der Waals surface area contributed by atoms with Crippen molar-refractivity contribution < 1.29 is 14.3 Å². The first-order valence-corrected chi connectivity index (χ1v) is 9.36. The highest BCUT2D eigenvalue weighted by molar-refractivity contribution is 7.99. The van der Waals surface area contributed by atoms with Gasteiger partial charge in [0.15, 0.2) is 0 Å². The zero-order valence-corrected chi connectivity index (χ0v) is 15.7. The van der Waals surface area contributed by atoms with E-state index in [1.165, 1.54) is 5.56 Å². The normalized spacial score (nSPS) is 12.9. The van der Waals surface area contributed by atoms with Crippen LogP contribution < -0.4 is 14.8 Å². The molecule has 0 spiro atoms. The Morgan fingerprint density at radius 3 is 2.32 bits per heavy atom. The predicted octanol–water partition coefficient (Wildman–Crippen LogP) is 3.90. The molecule has 0 heterocycles. The van der Waals surface area contributed by atoms with E-state index >= 15 is 0 Å². The highest BCUT2D eigenvalue weighted by atomic mass is 32.2. The van der Waals surface area contributed by atoms with Gasteiger partial charge < -0.3 is 14.8 Å². The molecule has 2 aromatic rings. The molecular formula is C20H25NO3S. The van der Waals surface area contributed by atoms with Crippen molar-refractivity contribution in [1.82, 2.24) is 5.32 Å². The molecule has 0 fully saturated rings. The summed E-state index contributed by atoms with van der Waals surface area (Å²) in [7, 11) is 1.63. The molecule has 0 saturated carbocycles. The van der Waals surface area contributed by atoms with Crippen molar-refractivity contribution in [3.63, 3.8) is 0 Å². The second kappa shape index (κ2) is 9.99. The summed E-state index contributed by atoms with van der Waals surface area (Å²) in [6, 6.07) is 17.5. The molecule has 4 nitrogen and oxygen atoms in total. The van der Waals surface area contributed by atoms with Gasteiger partial charge >= 0.3 is 0 Å². The van der Waals surface area contributed by atoms with E-state index in [2.05, 4.69) is 17.4 Å². The fourth-order valence-electron chi connectivity index (χ4n) is 2.17. The number of amides is 1. The van der Waals surface area contributed by atoms with Gasteiger partial charge in [0.1, 0.15) is 18.1 Å². The van der Waals surface area contributed by atoms with Gasteiger partial charge in [0, 0.05) is 5.75 Å². The number of ether oxygens (including phenoxy) is 2. The third-order valence-corrected chi connectivity index (χ3v) is 4.87. The molecule has 1 amide bonds. The lowest BCUT2D eigenvalue weighted by atomic mass is 10.2. The van der Waals surface area contributed by atoms with Crippen LogP contribution in [0.2, 0.25) is 0 Å². The second-order valence-electron chi connectivity index (χ2n) is 5.84. The van der Waals surface area contributed by atoms with Gasteiger partial charge in [-0.25, -0.2) is 0 Å². The van der Waals surface area contributed by atoms with Gasteiger partial charge in [0.2, 0.25) is 5.91 Å². The number of carbonyl (C=O) groups is 1. The molecule has 2 rings (SSSR count). The molecule has 0 aliphatic rings. The van der Waals surface area contributed by atoms with Gasteiger partial charge in [0.05, 0.1) is 18.4 Å². The molecule has 5 heteroatoms. The summed E-state index contributed by atoms with van der Waals surface area (Å²) < 4.78 is 10.8. The molecule has 0 aliphatic heterocycles. The third-order valence-electron chi connectivity index (χ3n) is 3.66. The molecule has 1 N–H and O–H groups in total. The predicted molar refractivity (Wildman–Crippen MR) is 103 cm³/mol. The monoisotopic (exact) mass is 359 g/mol. The fourth-order valence-corrected chi connectivity index (χ4v) is 3.02. The average Bonchev–Trinajstić information content (AvgIpc) is 2.65. The average molecular weight is 359 g/mol. The van der Waals surface area contributed by atoms with Crippen molar-refractivity contribution in [2.75, 3.05) is 13.7 Å². The Morgan fingerprint density at radius 2 is 1.68 bits per heavy atom. The van der Waals surface area contributed by atoms with Crippen LogP contribution in [-0.2, 0) is 10.5 Å². The first-order valence-electron chi connectivity index (χ1n) is 8.31. The Kier molecular flexibility index (Phi) is 7.67. The van der Waals surface area contributed by atoms with Crippen LogP contribution in [0, 0.1) is 0 Å². The zero-order valence-electron chi connectivity index (χ0n) is 14.9. The number of methoxy groups -OCH3 is 1. The van der Waals surface area contributed by atoms with E-state index in [1.807, 2.05) is 56.3 Å². The molecule has 25 heavy (non-hydrogen) atoms. The van der Waals surface area contributed by atoms with Crippen molar-refractivity contribution in [3.05, 3.63) is 60.2 Å². The summed E-state index contributed by atoms with van der Waals surface area (Å²) in [6.45, 7) is 4.30. The number of hydrogen-bond acceptors (Lipinski definition) is 4. The van der Waals surface area contributed by atoms with Crippen LogP contribution in [0.4, 0.5) is 0 Å². The standard InChI is InChI=1S/C20H25NO3S/c1-15(13-24-19-11-9-18(23-3)10-12-19)21-20(22)16(2)25-14-17-7-5-4-6-8-17/h4-12,15-16H,13-14H2,1-3H3,(H,21,22)/t15-,16+/m1/s1. The van der Waals surface area contributed by atoms with Gasteiger partial charge in [-0.2, -0.15) is 0 Å². The van der Waals surface area contributed by atoms with Crippen LogP contribution in [0.5, 0.6) is 11.5 Å². The van der Waals surface area contributed by atoms with E-state index in [-0.39, 0.29) is 17.2 Å². The maximum Gasteiger partial charge on any atom is 0.233 e. The maximum atomic E-state index is 12.3. The van der Waals surface area contributed by atoms with Gasteiger partial charge in [-0.05, 0) is 43.7 Å². The fraction of sp³-hybridized carbons (Fsp3) is 0.350. The van der Waals surface area contributed by atoms with Crippen LogP contribution in [0.25, 0.3) is 0 Å². The van der Waals surface area contributed by atoms with Crippen molar-refractivity contribution in [2.45, 2.75) is 30.9 Å². The Labute approximate surface area is 153 Å². The Hall–Kier alpha value is -2.14. The summed E-state index contributed by atoms with van der Waals surface area (Å²) in [5.41, 5.74) is 1.23. The molecular weight excluding hydrogens is 334 g/mol. The Morgan fingerprint density at radius 1 is 1.04 bits per heavy atom. The van der Waals surface area contributed by atoms with Gasteiger partial charge in [-0.3, -0.25) is 4.79 Å². The number of thioether (sulfide) groups is 1. The zero-order chi connectivity index (χ0) is 18.1. The number of carbonyl (C=O) groups excluding carboxylic acids is 1. The van der Waals surface area contributed by atoms with E-state index in [1.54, 1.807) is 18.9 Å². The second-order valence-corrected chi connectivity index (χ2v) is 7.16. The van der Waals surface area contributed by atoms with E-state index in [0.717, 1.165) is 17.3 Å². The molecule has 0 radical (unpaired) electrons. The van der Waals surface area contributed by atoms with Crippen LogP contribution >= 0.6 is 11.8 Å². The topological polar surface area (TPSA) is 47.6 Å². The Balaban J connectivity index is 1.71. The van der Waals surface area contributed by atoms with Crippen molar-refractivity contribution in [1.29, 1.82) is 0 Å². The molecule has 0 saturated heterocycles. The summed E-state index contributed by atoms with van der Waals surface area (Å²) in [4.78, 5) is 12.3. The molecule has 0 unspecified atom stereocenters. The summed E-state index contributed by atoms with van der Waals surface area (Å²) in [6.07, 6.45) is 0. The van der Waals surface area contributed by atoms with Crippen molar-refractivity contribution >= 4 is 17.7 Å². The summed E-state index contributed by atoms with van der Waals surface area (Å²) in [5.74, 6) is 2.41. The Bertz CT molecular complexity index is 646. The van der Waals surface area contributed by atoms with E-state index < -0.39 is 0 Å². The van der Waals surface area contributed by atoms with Gasteiger partial charge in [-0.15, -0.1) is 11.8 Å². The van der Waals surface area contributed by atoms with E-state index in [4.69, 9.17) is 9.47 Å². The number of nitrogens with one attached hydrogen (secondary N) is 1. The number of rotatable bonds is 9. The van der Waals surface area contributed by atoms with Crippen LogP contribution in [0.15, 0.2) is 54.6 Å². The lowest BCUT2D eigenvalue weighted by Gasteiger charge is -2.18. The highest BCUT2D eigenvalue weighted by Crippen LogP contribution is 2.18. The summed E-state index contributed by atoms with van der Waals surface area (Å²) in [5, 5.41) is 2.89. The first-order chi connectivity index (χ1) is 12.1. The van der Waals surface area contributed by atoms with Crippen LogP contribution in [0.1, 0.15) is 19.4 Å². The quantitative estimate of drug-likeness (QED) is 0.738. The summed E-state index contributed by atoms with van der Waals surface area (Å²) >= 11 is 1.63. The van der Waals surface area contributed by atoms with Crippen molar-refractivity contribution in [3.8, 4) is 11.5 Å². The maximum absolute atomic E-state index is 12.3. The minimum Gasteiger partial charge on any atom is -0.497 e. The number of benzene rings is 2. The van der Waals surface area contributed by atoms with Gasteiger partial charge in [0.25, 0.3) is 0 Å². The SMILES string of the molecule is COc1ccc(OC[C@@H](C)NC(=O)[C@H](C)SCc2ccccc2)cc1. The lowest BCUT2D eigenvalue weighted by molar-refractivity contribution is -0.121. The number of hydrogen-bond donors (Lipinski definition) is 1. The first kappa shape index (κ1) is 19.2. The molecule has 0 bridgehead atoms. The minimum atomic E-state index is -0.108. The largest absolute Gasteiger partial charge is 0.497 e. The van der Waals surface area contributed by atoms with E-state index in [9.17, 15) is 4.79 Å². The third kappa shape index (κ3) is 6.70. The molecule has 134 valence electrons. The lowest BCUT2D eigenvalue weighted by Crippen LogP contribution is -2.40. The van der Waals surface area contributed by atoms with E-state index in [0.29, 0.717) is 6.61 Å². The minimum absolute atomic E-state index is 0.0340.